The Hall–Kier alpha value is -0.620. The Morgan fingerprint density at radius 3 is 2.11 bits per heavy atom. The van der Waals surface area contributed by atoms with Crippen molar-refractivity contribution in [3.63, 3.8) is 0 Å². The topological polar surface area (TPSA) is 83.5 Å². The van der Waals surface area contributed by atoms with Gasteiger partial charge in [0.05, 0.1) is 11.7 Å². The van der Waals surface area contributed by atoms with Crippen LogP contribution in [0.2, 0.25) is 0 Å². The van der Waals surface area contributed by atoms with Gasteiger partial charge in [-0.3, -0.25) is 4.79 Å². The van der Waals surface area contributed by atoms with Crippen LogP contribution in [0.4, 0.5) is 0 Å². The van der Waals surface area contributed by atoms with E-state index >= 15 is 0 Å². The van der Waals surface area contributed by atoms with Crippen LogP contribution in [0.15, 0.2) is 0 Å². The molecule has 0 fully saturated rings. The summed E-state index contributed by atoms with van der Waals surface area (Å²) in [6, 6.07) is 0. The van der Waals surface area contributed by atoms with Gasteiger partial charge < -0.3 is 5.11 Å². The van der Waals surface area contributed by atoms with E-state index in [4.69, 9.17) is 5.11 Å². The molecule has 0 aliphatic rings. The molecular weight excluding hydrogens is 254 g/mol. The van der Waals surface area contributed by atoms with E-state index in [-0.39, 0.29) is 23.6 Å². The fourth-order valence-corrected chi connectivity index (χ4v) is 3.39. The Balaban J connectivity index is 4.48. The molecular formula is C12H25NO4S. The van der Waals surface area contributed by atoms with Gasteiger partial charge in [0.1, 0.15) is 0 Å². The van der Waals surface area contributed by atoms with Crippen LogP contribution < -0.4 is 4.72 Å². The molecule has 0 heterocycles. The fourth-order valence-electron chi connectivity index (χ4n) is 1.69. The van der Waals surface area contributed by atoms with Crippen LogP contribution in [0, 0.1) is 17.3 Å². The normalized spacial score (nSPS) is 14.8. The third-order valence-corrected chi connectivity index (χ3v) is 4.13. The highest BCUT2D eigenvalue weighted by Gasteiger charge is 2.25. The standard InChI is InChI=1S/C12H25NO4S/c1-9(2)6-10(11(14)15)7-13-18(16,17)8-12(3,4)5/h9-10,13H,6-8H2,1-5H3,(H,14,15). The predicted octanol–water partition coefficient (Wildman–Crippen LogP) is 1.70. The number of hydrogen-bond acceptors (Lipinski definition) is 3. The van der Waals surface area contributed by atoms with Gasteiger partial charge in [-0.15, -0.1) is 0 Å². The van der Waals surface area contributed by atoms with Crippen molar-refractivity contribution >= 4 is 16.0 Å². The maximum absolute atomic E-state index is 11.8. The van der Waals surface area contributed by atoms with Crippen molar-refractivity contribution < 1.29 is 18.3 Å². The number of sulfonamides is 1. The van der Waals surface area contributed by atoms with Gasteiger partial charge in [-0.1, -0.05) is 34.6 Å². The van der Waals surface area contributed by atoms with Crippen LogP contribution in [0.5, 0.6) is 0 Å². The van der Waals surface area contributed by atoms with Crippen LogP contribution >= 0.6 is 0 Å². The molecule has 0 aromatic rings. The molecule has 0 saturated heterocycles. The summed E-state index contributed by atoms with van der Waals surface area (Å²) in [5, 5.41) is 9.02. The number of aliphatic carboxylic acids is 1. The molecule has 0 saturated carbocycles. The summed E-state index contributed by atoms with van der Waals surface area (Å²) in [4.78, 5) is 11.0. The number of nitrogens with one attached hydrogen (secondary N) is 1. The Bertz CT molecular complexity index is 368. The Labute approximate surface area is 110 Å². The van der Waals surface area contributed by atoms with Crippen LogP contribution in [-0.4, -0.2) is 31.8 Å². The average Bonchev–Trinajstić information content (AvgIpc) is 2.07. The van der Waals surface area contributed by atoms with E-state index in [1.54, 1.807) is 0 Å². The first-order valence-electron chi connectivity index (χ1n) is 6.13. The molecule has 0 aliphatic heterocycles. The predicted molar refractivity (Wildman–Crippen MR) is 71.8 cm³/mol. The molecule has 0 aliphatic carbocycles. The van der Waals surface area contributed by atoms with Crippen molar-refractivity contribution in [1.29, 1.82) is 0 Å². The molecule has 6 heteroatoms. The molecule has 2 N–H and O–H groups in total. The van der Waals surface area contributed by atoms with Gasteiger partial charge in [-0.25, -0.2) is 13.1 Å². The highest BCUT2D eigenvalue weighted by atomic mass is 32.2. The van der Waals surface area contributed by atoms with Crippen molar-refractivity contribution in [2.75, 3.05) is 12.3 Å². The van der Waals surface area contributed by atoms with Crippen molar-refractivity contribution in [1.82, 2.24) is 4.72 Å². The number of rotatable bonds is 7. The molecule has 0 aromatic carbocycles. The SMILES string of the molecule is CC(C)CC(CNS(=O)(=O)CC(C)(C)C)C(=O)O. The molecule has 0 spiro atoms. The largest absolute Gasteiger partial charge is 0.481 e. The smallest absolute Gasteiger partial charge is 0.307 e. The van der Waals surface area contributed by atoms with Crippen LogP contribution in [0.3, 0.4) is 0 Å². The summed E-state index contributed by atoms with van der Waals surface area (Å²) in [5.74, 6) is -1.41. The zero-order valence-corrected chi connectivity index (χ0v) is 12.7. The van der Waals surface area contributed by atoms with Gasteiger partial charge in [0.2, 0.25) is 10.0 Å². The van der Waals surface area contributed by atoms with E-state index in [9.17, 15) is 13.2 Å². The maximum atomic E-state index is 11.8. The molecule has 0 aromatic heterocycles. The highest BCUT2D eigenvalue weighted by Crippen LogP contribution is 2.16. The second-order valence-electron chi connectivity index (χ2n) is 6.33. The second kappa shape index (κ2) is 6.52. The summed E-state index contributed by atoms with van der Waals surface area (Å²) in [7, 11) is -3.42. The first-order chi connectivity index (χ1) is 7.93. The van der Waals surface area contributed by atoms with Crippen molar-refractivity contribution in [3.05, 3.63) is 0 Å². The molecule has 0 radical (unpaired) electrons. The minimum atomic E-state index is -3.42. The van der Waals surface area contributed by atoms with Crippen molar-refractivity contribution in [2.24, 2.45) is 17.3 Å². The molecule has 0 amide bonds. The van der Waals surface area contributed by atoms with Gasteiger partial charge in [0.25, 0.3) is 0 Å². The van der Waals surface area contributed by atoms with Gasteiger partial charge in [0, 0.05) is 6.54 Å². The minimum absolute atomic E-state index is 0.00593. The molecule has 18 heavy (non-hydrogen) atoms. The summed E-state index contributed by atoms with van der Waals surface area (Å²) in [6.45, 7) is 9.28. The summed E-state index contributed by atoms with van der Waals surface area (Å²) < 4.78 is 25.9. The lowest BCUT2D eigenvalue weighted by Gasteiger charge is -2.20. The van der Waals surface area contributed by atoms with E-state index in [1.165, 1.54) is 0 Å². The zero-order chi connectivity index (χ0) is 14.6. The lowest BCUT2D eigenvalue weighted by atomic mass is 9.98. The van der Waals surface area contributed by atoms with E-state index in [0.29, 0.717) is 6.42 Å². The van der Waals surface area contributed by atoms with E-state index < -0.39 is 21.9 Å². The first-order valence-corrected chi connectivity index (χ1v) is 7.78. The van der Waals surface area contributed by atoms with Crippen molar-refractivity contribution in [3.8, 4) is 0 Å². The highest BCUT2D eigenvalue weighted by molar-refractivity contribution is 7.89. The van der Waals surface area contributed by atoms with Crippen molar-refractivity contribution in [2.45, 2.75) is 41.0 Å². The number of carboxylic acid groups (broad SMARTS) is 1. The molecule has 5 nitrogen and oxygen atoms in total. The van der Waals surface area contributed by atoms with Gasteiger partial charge in [-0.05, 0) is 17.8 Å². The Kier molecular flexibility index (Phi) is 6.29. The van der Waals surface area contributed by atoms with Crippen LogP contribution in [0.1, 0.15) is 41.0 Å². The maximum Gasteiger partial charge on any atom is 0.307 e. The lowest BCUT2D eigenvalue weighted by molar-refractivity contribution is -0.142. The molecule has 0 bridgehead atoms. The third kappa shape index (κ3) is 8.47. The number of carbonyl (C=O) groups is 1. The summed E-state index contributed by atoms with van der Waals surface area (Å²) in [6.07, 6.45) is 0.466. The molecule has 108 valence electrons. The lowest BCUT2D eigenvalue weighted by Crippen LogP contribution is -2.37. The van der Waals surface area contributed by atoms with Gasteiger partial charge in [-0.2, -0.15) is 0 Å². The van der Waals surface area contributed by atoms with E-state index in [1.807, 2.05) is 34.6 Å². The first kappa shape index (κ1) is 17.4. The summed E-state index contributed by atoms with van der Waals surface area (Å²) in [5.41, 5.74) is -0.345. The molecule has 0 rings (SSSR count). The van der Waals surface area contributed by atoms with Gasteiger partial charge in [0.15, 0.2) is 0 Å². The fraction of sp³-hybridized carbons (Fsp3) is 0.917. The van der Waals surface area contributed by atoms with E-state index in [0.717, 1.165) is 0 Å². The van der Waals surface area contributed by atoms with Crippen LogP contribution in [0.25, 0.3) is 0 Å². The number of carboxylic acids is 1. The monoisotopic (exact) mass is 279 g/mol. The number of hydrogen-bond donors (Lipinski definition) is 2. The quantitative estimate of drug-likeness (QED) is 0.743. The zero-order valence-electron chi connectivity index (χ0n) is 11.9. The third-order valence-electron chi connectivity index (χ3n) is 2.28. The Morgan fingerprint density at radius 2 is 1.78 bits per heavy atom. The summed E-state index contributed by atoms with van der Waals surface area (Å²) >= 11 is 0. The average molecular weight is 279 g/mol. The van der Waals surface area contributed by atoms with Crippen LogP contribution in [-0.2, 0) is 14.8 Å². The molecule has 1 unspecified atom stereocenters. The Morgan fingerprint density at radius 1 is 1.28 bits per heavy atom. The second-order valence-corrected chi connectivity index (χ2v) is 8.14. The molecule has 1 atom stereocenters. The minimum Gasteiger partial charge on any atom is -0.481 e. The van der Waals surface area contributed by atoms with Gasteiger partial charge >= 0.3 is 5.97 Å². The van der Waals surface area contributed by atoms with E-state index in [2.05, 4.69) is 4.72 Å².